The minimum Gasteiger partial charge on any atom is -0.299 e. The van der Waals surface area contributed by atoms with Crippen LogP contribution in [-0.2, 0) is 0 Å². The molecule has 0 amide bonds. The van der Waals surface area contributed by atoms with Gasteiger partial charge in [-0.15, -0.1) is 0 Å². The van der Waals surface area contributed by atoms with Crippen LogP contribution in [0.3, 0.4) is 0 Å². The smallest absolute Gasteiger partial charge is 0.123 e. The highest BCUT2D eigenvalue weighted by Gasteiger charge is 2.11. The molecule has 0 bridgehead atoms. The summed E-state index contributed by atoms with van der Waals surface area (Å²) in [5, 5.41) is 4.38. The number of benzene rings is 3. The molecule has 4 nitrogen and oxygen atoms in total. The molecule has 28 heavy (non-hydrogen) atoms. The summed E-state index contributed by atoms with van der Waals surface area (Å²) in [6, 6.07) is 20.3. The maximum Gasteiger partial charge on any atom is 0.123 e. The number of rotatable bonds is 3. The average molecular weight is 372 g/mol. The van der Waals surface area contributed by atoms with Gasteiger partial charge in [-0.3, -0.25) is 4.57 Å². The van der Waals surface area contributed by atoms with E-state index in [0.29, 0.717) is 0 Å². The zero-order chi connectivity index (χ0) is 19.1. The van der Waals surface area contributed by atoms with E-state index < -0.39 is 0 Å². The number of imidazole rings is 1. The first-order chi connectivity index (χ1) is 13.7. The summed E-state index contributed by atoms with van der Waals surface area (Å²) in [4.78, 5) is 4.44. The first-order valence-corrected chi connectivity index (χ1v) is 8.72. The molecule has 2 aromatic heterocycles. The second-order valence-corrected chi connectivity index (χ2v) is 6.40. The zero-order valence-electron chi connectivity index (χ0n) is 14.6. The van der Waals surface area contributed by atoms with Crippen molar-refractivity contribution in [2.24, 2.45) is 0 Å². The standard InChI is InChI=1S/C22H14F2N4/c23-16-2-6-18(7-3-16)27-14-25-20-10-1-15(13-22(20)27)21-11-12-26-28(21)19-8-4-17(24)5-9-19/h1-14H. The monoisotopic (exact) mass is 372 g/mol. The molecule has 0 spiro atoms. The van der Waals surface area contributed by atoms with Gasteiger partial charge in [0.2, 0.25) is 0 Å². The molecule has 0 saturated carbocycles. The highest BCUT2D eigenvalue weighted by Crippen LogP contribution is 2.27. The molecule has 0 aliphatic heterocycles. The van der Waals surface area contributed by atoms with Crippen LogP contribution < -0.4 is 0 Å². The van der Waals surface area contributed by atoms with Crippen LogP contribution in [0.4, 0.5) is 8.78 Å². The molecule has 0 saturated heterocycles. The van der Waals surface area contributed by atoms with Crippen molar-refractivity contribution >= 4 is 11.0 Å². The van der Waals surface area contributed by atoms with E-state index in [9.17, 15) is 8.78 Å². The van der Waals surface area contributed by atoms with E-state index in [4.69, 9.17) is 0 Å². The van der Waals surface area contributed by atoms with E-state index in [1.807, 2.05) is 28.8 Å². The molecule has 0 atom stereocenters. The summed E-state index contributed by atoms with van der Waals surface area (Å²) in [5.41, 5.74) is 5.15. The Bertz CT molecular complexity index is 1270. The maximum absolute atomic E-state index is 13.3. The summed E-state index contributed by atoms with van der Waals surface area (Å²) in [6.07, 6.45) is 3.43. The summed E-state index contributed by atoms with van der Waals surface area (Å²) in [6.45, 7) is 0. The van der Waals surface area contributed by atoms with Gasteiger partial charge >= 0.3 is 0 Å². The molecular weight excluding hydrogens is 358 g/mol. The number of nitrogens with zero attached hydrogens (tertiary/aromatic N) is 4. The minimum atomic E-state index is -0.290. The average Bonchev–Trinajstić information content (AvgIpc) is 3.36. The van der Waals surface area contributed by atoms with Crippen molar-refractivity contribution in [2.75, 3.05) is 0 Å². The lowest BCUT2D eigenvalue weighted by atomic mass is 10.1. The number of halogens is 2. The number of hydrogen-bond donors (Lipinski definition) is 0. The molecule has 5 rings (SSSR count). The van der Waals surface area contributed by atoms with Gasteiger partial charge in [0.15, 0.2) is 0 Å². The van der Waals surface area contributed by atoms with Crippen molar-refractivity contribution in [3.8, 4) is 22.6 Å². The second-order valence-electron chi connectivity index (χ2n) is 6.40. The third-order valence-corrected chi connectivity index (χ3v) is 4.66. The Kier molecular flexibility index (Phi) is 3.76. The summed E-state index contributed by atoms with van der Waals surface area (Å²) in [7, 11) is 0. The molecule has 0 fully saturated rings. The van der Waals surface area contributed by atoms with Crippen molar-refractivity contribution in [3.63, 3.8) is 0 Å². The normalized spacial score (nSPS) is 11.2. The van der Waals surface area contributed by atoms with E-state index in [1.165, 1.54) is 24.3 Å². The van der Waals surface area contributed by atoms with Crippen LogP contribution in [0.15, 0.2) is 85.3 Å². The molecule has 136 valence electrons. The quantitative estimate of drug-likeness (QED) is 0.439. The van der Waals surface area contributed by atoms with Gasteiger partial charge < -0.3 is 0 Å². The van der Waals surface area contributed by atoms with Gasteiger partial charge in [-0.25, -0.2) is 18.4 Å². The highest BCUT2D eigenvalue weighted by molar-refractivity contribution is 5.83. The van der Waals surface area contributed by atoms with Crippen LogP contribution in [0.25, 0.3) is 33.7 Å². The third kappa shape index (κ3) is 2.75. The van der Waals surface area contributed by atoms with Gasteiger partial charge in [0, 0.05) is 11.3 Å². The Morgan fingerprint density at radius 2 is 1.39 bits per heavy atom. The van der Waals surface area contributed by atoms with Gasteiger partial charge in [0.1, 0.15) is 18.0 Å². The Morgan fingerprint density at radius 3 is 2.11 bits per heavy atom. The van der Waals surface area contributed by atoms with Crippen LogP contribution in [-0.4, -0.2) is 19.3 Å². The first kappa shape index (κ1) is 16.4. The van der Waals surface area contributed by atoms with E-state index in [0.717, 1.165) is 33.7 Å². The Hall–Kier alpha value is -3.80. The predicted molar refractivity (Wildman–Crippen MR) is 104 cm³/mol. The van der Waals surface area contributed by atoms with Crippen molar-refractivity contribution in [1.82, 2.24) is 19.3 Å². The van der Waals surface area contributed by atoms with Gasteiger partial charge in [0.25, 0.3) is 0 Å². The highest BCUT2D eigenvalue weighted by atomic mass is 19.1. The fourth-order valence-electron chi connectivity index (χ4n) is 3.28. The largest absolute Gasteiger partial charge is 0.299 e. The first-order valence-electron chi connectivity index (χ1n) is 8.72. The SMILES string of the molecule is Fc1ccc(-n2nccc2-c2ccc3ncn(-c4ccc(F)cc4)c3c2)cc1. The molecule has 0 aliphatic rings. The summed E-state index contributed by atoms with van der Waals surface area (Å²) >= 11 is 0. The van der Waals surface area contributed by atoms with Crippen LogP contribution >= 0.6 is 0 Å². The predicted octanol–water partition coefficient (Wildman–Crippen LogP) is 5.16. The van der Waals surface area contributed by atoms with Crippen LogP contribution in [0, 0.1) is 11.6 Å². The van der Waals surface area contributed by atoms with Crippen molar-refractivity contribution in [2.45, 2.75) is 0 Å². The molecular formula is C22H14F2N4. The maximum atomic E-state index is 13.3. The topological polar surface area (TPSA) is 35.6 Å². The van der Waals surface area contributed by atoms with Crippen molar-refractivity contribution in [1.29, 1.82) is 0 Å². The molecule has 3 aromatic carbocycles. The van der Waals surface area contributed by atoms with Gasteiger partial charge in [-0.05, 0) is 66.7 Å². The number of fused-ring (bicyclic) bond motifs is 1. The Morgan fingerprint density at radius 1 is 0.714 bits per heavy atom. The fraction of sp³-hybridized carbons (Fsp3) is 0. The summed E-state index contributed by atoms with van der Waals surface area (Å²) in [5.74, 6) is -0.570. The lowest BCUT2D eigenvalue weighted by molar-refractivity contribution is 0.627. The molecule has 2 heterocycles. The minimum absolute atomic E-state index is 0.281. The molecule has 0 unspecified atom stereocenters. The molecule has 6 heteroatoms. The van der Waals surface area contributed by atoms with Crippen molar-refractivity contribution < 1.29 is 8.78 Å². The second kappa shape index (κ2) is 6.42. The lowest BCUT2D eigenvalue weighted by Crippen LogP contribution is -1.99. The van der Waals surface area contributed by atoms with Crippen LogP contribution in [0.1, 0.15) is 0 Å². The van der Waals surface area contributed by atoms with E-state index in [2.05, 4.69) is 10.1 Å². The number of hydrogen-bond acceptors (Lipinski definition) is 2. The lowest BCUT2D eigenvalue weighted by Gasteiger charge is -2.09. The van der Waals surface area contributed by atoms with Gasteiger partial charge in [-0.1, -0.05) is 6.07 Å². The number of aromatic nitrogens is 4. The van der Waals surface area contributed by atoms with Crippen LogP contribution in [0.2, 0.25) is 0 Å². The van der Waals surface area contributed by atoms with E-state index in [1.54, 1.807) is 41.5 Å². The van der Waals surface area contributed by atoms with Gasteiger partial charge in [0.05, 0.1) is 28.6 Å². The van der Waals surface area contributed by atoms with E-state index in [-0.39, 0.29) is 11.6 Å². The van der Waals surface area contributed by atoms with Gasteiger partial charge in [-0.2, -0.15) is 5.10 Å². The van der Waals surface area contributed by atoms with Crippen LogP contribution in [0.5, 0.6) is 0 Å². The Labute approximate surface area is 159 Å². The fourth-order valence-corrected chi connectivity index (χ4v) is 3.28. The molecule has 0 aliphatic carbocycles. The van der Waals surface area contributed by atoms with E-state index >= 15 is 0 Å². The Balaban J connectivity index is 1.63. The summed E-state index contributed by atoms with van der Waals surface area (Å²) < 4.78 is 30.2. The molecule has 5 aromatic rings. The van der Waals surface area contributed by atoms with Crippen molar-refractivity contribution in [3.05, 3.63) is 97.0 Å². The molecule has 0 N–H and O–H groups in total. The molecule has 0 radical (unpaired) electrons. The zero-order valence-corrected chi connectivity index (χ0v) is 14.6. The third-order valence-electron chi connectivity index (χ3n) is 4.66.